The molecule has 0 aliphatic heterocycles. The smallest absolute Gasteiger partial charge is 0.356 e. The van der Waals surface area contributed by atoms with Gasteiger partial charge in [0.25, 0.3) is 0 Å². The van der Waals surface area contributed by atoms with E-state index in [2.05, 4.69) is 9.97 Å². The van der Waals surface area contributed by atoms with Crippen molar-refractivity contribution in [1.82, 2.24) is 14.5 Å². The Morgan fingerprint density at radius 3 is 2.62 bits per heavy atom. The number of aryl methyl sites for hydroxylation is 1. The summed E-state index contributed by atoms with van der Waals surface area (Å²) in [4.78, 5) is 19.1. The molecular formula is C11H11N3O2. The molecule has 0 saturated carbocycles. The number of hydrogen-bond acceptors (Lipinski definition) is 3. The number of aromatic carboxylic acids is 1. The van der Waals surface area contributed by atoms with Crippen molar-refractivity contribution in [3.05, 3.63) is 41.6 Å². The van der Waals surface area contributed by atoms with Gasteiger partial charge in [0, 0.05) is 6.20 Å². The van der Waals surface area contributed by atoms with E-state index < -0.39 is 5.97 Å². The molecule has 2 heterocycles. The molecule has 0 bridgehead atoms. The number of rotatable bonds is 2. The first-order valence-electron chi connectivity index (χ1n) is 4.82. The van der Waals surface area contributed by atoms with Crippen molar-refractivity contribution in [2.24, 2.45) is 0 Å². The molecule has 1 N–H and O–H groups in total. The first-order chi connectivity index (χ1) is 7.61. The van der Waals surface area contributed by atoms with E-state index in [0.29, 0.717) is 17.3 Å². The molecule has 5 nitrogen and oxygen atoms in total. The minimum atomic E-state index is -1.02. The topological polar surface area (TPSA) is 68.0 Å². The maximum Gasteiger partial charge on any atom is 0.356 e. The van der Waals surface area contributed by atoms with Crippen LogP contribution >= 0.6 is 0 Å². The average Bonchev–Trinajstić information content (AvgIpc) is 2.56. The molecule has 2 aromatic heterocycles. The van der Waals surface area contributed by atoms with Crippen molar-refractivity contribution in [2.75, 3.05) is 0 Å². The largest absolute Gasteiger partial charge is 0.476 e. The van der Waals surface area contributed by atoms with E-state index in [-0.39, 0.29) is 5.69 Å². The van der Waals surface area contributed by atoms with Crippen molar-refractivity contribution in [3.8, 4) is 5.82 Å². The molecule has 0 aliphatic carbocycles. The van der Waals surface area contributed by atoms with Gasteiger partial charge in [0.05, 0.1) is 5.69 Å². The molecule has 0 spiro atoms. The summed E-state index contributed by atoms with van der Waals surface area (Å²) in [7, 11) is 0. The summed E-state index contributed by atoms with van der Waals surface area (Å²) in [6.07, 6.45) is 1.66. The molecule has 0 saturated heterocycles. The number of nitrogens with zero attached hydrogens (tertiary/aromatic N) is 3. The van der Waals surface area contributed by atoms with E-state index in [4.69, 9.17) is 5.11 Å². The van der Waals surface area contributed by atoms with Crippen LogP contribution in [0.4, 0.5) is 0 Å². The third-order valence-electron chi connectivity index (χ3n) is 2.36. The van der Waals surface area contributed by atoms with Crippen molar-refractivity contribution in [1.29, 1.82) is 0 Å². The molecule has 2 rings (SSSR count). The van der Waals surface area contributed by atoms with E-state index in [0.717, 1.165) is 0 Å². The van der Waals surface area contributed by atoms with Gasteiger partial charge in [-0.05, 0) is 26.0 Å². The number of hydrogen-bond donors (Lipinski definition) is 1. The Bertz CT molecular complexity index is 532. The number of carboxylic acid groups (broad SMARTS) is 1. The van der Waals surface area contributed by atoms with Crippen molar-refractivity contribution >= 4 is 5.97 Å². The van der Waals surface area contributed by atoms with Crippen LogP contribution in [0, 0.1) is 13.8 Å². The summed E-state index contributed by atoms with van der Waals surface area (Å²) in [5.74, 6) is 0.279. The van der Waals surface area contributed by atoms with Gasteiger partial charge in [0.1, 0.15) is 11.6 Å². The zero-order chi connectivity index (χ0) is 11.7. The highest BCUT2D eigenvalue weighted by atomic mass is 16.4. The third-order valence-corrected chi connectivity index (χ3v) is 2.36. The SMILES string of the molecule is Cc1nc(C(=O)O)c(C)n1-c1ccccn1. The second-order valence-corrected chi connectivity index (χ2v) is 3.42. The lowest BCUT2D eigenvalue weighted by Crippen LogP contribution is -2.03. The summed E-state index contributed by atoms with van der Waals surface area (Å²) in [6.45, 7) is 3.48. The van der Waals surface area contributed by atoms with E-state index in [1.807, 2.05) is 18.2 Å². The molecule has 0 radical (unpaired) electrons. The molecular weight excluding hydrogens is 206 g/mol. The minimum Gasteiger partial charge on any atom is -0.476 e. The highest BCUT2D eigenvalue weighted by Crippen LogP contribution is 2.15. The maximum atomic E-state index is 10.9. The number of pyridine rings is 1. The Hall–Kier alpha value is -2.17. The molecule has 16 heavy (non-hydrogen) atoms. The predicted molar refractivity (Wildman–Crippen MR) is 57.8 cm³/mol. The summed E-state index contributed by atoms with van der Waals surface area (Å²) in [5.41, 5.74) is 0.659. The van der Waals surface area contributed by atoms with Crippen LogP contribution in [0.5, 0.6) is 0 Å². The number of carboxylic acids is 1. The third kappa shape index (κ3) is 1.56. The minimum absolute atomic E-state index is 0.0724. The van der Waals surface area contributed by atoms with Gasteiger partial charge in [-0.3, -0.25) is 4.57 Å². The van der Waals surface area contributed by atoms with Gasteiger partial charge in [0.2, 0.25) is 0 Å². The van der Waals surface area contributed by atoms with Crippen molar-refractivity contribution in [2.45, 2.75) is 13.8 Å². The lowest BCUT2D eigenvalue weighted by molar-refractivity contribution is 0.0690. The number of carbonyl (C=O) groups is 1. The summed E-state index contributed by atoms with van der Waals surface area (Å²) < 4.78 is 1.73. The Morgan fingerprint density at radius 2 is 2.12 bits per heavy atom. The molecule has 0 aliphatic rings. The van der Waals surface area contributed by atoms with Crippen molar-refractivity contribution < 1.29 is 9.90 Å². The Morgan fingerprint density at radius 1 is 1.38 bits per heavy atom. The first-order valence-corrected chi connectivity index (χ1v) is 4.82. The predicted octanol–water partition coefficient (Wildman–Crippen LogP) is 1.58. The second kappa shape index (κ2) is 3.77. The molecule has 2 aromatic rings. The quantitative estimate of drug-likeness (QED) is 0.829. The summed E-state index contributed by atoms with van der Waals surface area (Å²) >= 11 is 0. The Kier molecular flexibility index (Phi) is 2.44. The van der Waals surface area contributed by atoms with Crippen LogP contribution in [0.1, 0.15) is 22.0 Å². The molecule has 82 valence electrons. The van der Waals surface area contributed by atoms with Crippen LogP contribution < -0.4 is 0 Å². The lowest BCUT2D eigenvalue weighted by atomic mass is 10.3. The fourth-order valence-corrected chi connectivity index (χ4v) is 1.67. The number of imidazole rings is 1. The Labute approximate surface area is 92.4 Å². The van der Waals surface area contributed by atoms with Gasteiger partial charge >= 0.3 is 5.97 Å². The van der Waals surface area contributed by atoms with E-state index in [9.17, 15) is 4.79 Å². The molecule has 5 heteroatoms. The molecule has 0 unspecified atom stereocenters. The van der Waals surface area contributed by atoms with Crippen LogP contribution in [0.15, 0.2) is 24.4 Å². The molecule has 0 amide bonds. The first kappa shape index (κ1) is 10.4. The fourth-order valence-electron chi connectivity index (χ4n) is 1.67. The van der Waals surface area contributed by atoms with Gasteiger partial charge in [-0.25, -0.2) is 14.8 Å². The van der Waals surface area contributed by atoms with Crippen LogP contribution in [-0.2, 0) is 0 Å². The van der Waals surface area contributed by atoms with E-state index in [1.165, 1.54) is 0 Å². The zero-order valence-corrected chi connectivity index (χ0v) is 9.01. The Balaban J connectivity index is 2.63. The van der Waals surface area contributed by atoms with Crippen molar-refractivity contribution in [3.63, 3.8) is 0 Å². The van der Waals surface area contributed by atoms with E-state index >= 15 is 0 Å². The molecule has 0 fully saturated rings. The van der Waals surface area contributed by atoms with Gasteiger partial charge in [-0.15, -0.1) is 0 Å². The monoisotopic (exact) mass is 217 g/mol. The lowest BCUT2D eigenvalue weighted by Gasteiger charge is -2.05. The second-order valence-electron chi connectivity index (χ2n) is 3.42. The van der Waals surface area contributed by atoms with Crippen LogP contribution in [-0.4, -0.2) is 25.6 Å². The normalized spacial score (nSPS) is 10.4. The van der Waals surface area contributed by atoms with E-state index in [1.54, 1.807) is 24.6 Å². The van der Waals surface area contributed by atoms with Gasteiger partial charge in [-0.2, -0.15) is 0 Å². The van der Waals surface area contributed by atoms with Gasteiger partial charge in [0.15, 0.2) is 5.69 Å². The van der Waals surface area contributed by atoms with Crippen LogP contribution in [0.3, 0.4) is 0 Å². The number of aromatic nitrogens is 3. The zero-order valence-electron chi connectivity index (χ0n) is 9.01. The van der Waals surface area contributed by atoms with Gasteiger partial charge in [-0.1, -0.05) is 6.07 Å². The summed E-state index contributed by atoms with van der Waals surface area (Å²) in [6, 6.07) is 5.47. The highest BCUT2D eigenvalue weighted by Gasteiger charge is 2.17. The fraction of sp³-hybridized carbons (Fsp3) is 0.182. The standard InChI is InChI=1S/C11H11N3O2/c1-7-10(11(15)16)13-8(2)14(7)9-5-3-4-6-12-9/h3-6H,1-2H3,(H,15,16). The summed E-state index contributed by atoms with van der Waals surface area (Å²) in [5, 5.41) is 8.95. The molecule has 0 atom stereocenters. The van der Waals surface area contributed by atoms with Crippen LogP contribution in [0.25, 0.3) is 5.82 Å². The maximum absolute atomic E-state index is 10.9. The average molecular weight is 217 g/mol. The van der Waals surface area contributed by atoms with Crippen LogP contribution in [0.2, 0.25) is 0 Å². The molecule has 0 aromatic carbocycles. The highest BCUT2D eigenvalue weighted by molar-refractivity contribution is 5.86. The van der Waals surface area contributed by atoms with Gasteiger partial charge < -0.3 is 5.11 Å².